The van der Waals surface area contributed by atoms with E-state index >= 15 is 0 Å². The number of benzene rings is 1. The van der Waals surface area contributed by atoms with E-state index in [1.165, 1.54) is 0 Å². The van der Waals surface area contributed by atoms with Crippen molar-refractivity contribution < 1.29 is 9.52 Å². The fraction of sp³-hybridized carbons (Fsp3) is 0.364. The van der Waals surface area contributed by atoms with Crippen LogP contribution >= 0.6 is 0 Å². The van der Waals surface area contributed by atoms with Crippen LogP contribution in [0.1, 0.15) is 20.8 Å². The molecule has 0 aliphatic rings. The molecule has 0 aliphatic heterocycles. The van der Waals surface area contributed by atoms with Crippen LogP contribution in [0.4, 0.5) is 6.01 Å². The number of oxazole rings is 1. The molecule has 2 rings (SSSR count). The van der Waals surface area contributed by atoms with Gasteiger partial charge in [-0.3, -0.25) is 0 Å². The molecule has 0 spiro atoms. The minimum atomic E-state index is -0.0943. The maximum atomic E-state index is 9.26. The van der Waals surface area contributed by atoms with E-state index in [1.54, 1.807) is 18.2 Å². The van der Waals surface area contributed by atoms with Gasteiger partial charge in [0.1, 0.15) is 11.3 Å². The first-order valence-electron chi connectivity index (χ1n) is 4.82. The molecule has 2 aromatic rings. The zero-order valence-electron chi connectivity index (χ0n) is 9.03. The van der Waals surface area contributed by atoms with E-state index in [0.717, 1.165) is 5.52 Å². The number of nitrogens with zero attached hydrogens (tertiary/aromatic N) is 1. The van der Waals surface area contributed by atoms with Gasteiger partial charge >= 0.3 is 0 Å². The molecule has 0 saturated heterocycles. The highest BCUT2D eigenvalue weighted by molar-refractivity contribution is 5.76. The SMILES string of the molecule is CC(C)(C)Nc1nc2ccc(O)cc2o1. The van der Waals surface area contributed by atoms with Gasteiger partial charge in [0, 0.05) is 11.6 Å². The Labute approximate surface area is 87.9 Å². The van der Waals surface area contributed by atoms with Crippen molar-refractivity contribution >= 4 is 17.1 Å². The molecule has 0 fully saturated rings. The standard InChI is InChI=1S/C11H14N2O2/c1-11(2,3)13-10-12-8-5-4-7(14)6-9(8)15-10/h4-6,14H,1-3H3,(H,12,13). The lowest BCUT2D eigenvalue weighted by molar-refractivity contribution is 0.474. The van der Waals surface area contributed by atoms with E-state index in [0.29, 0.717) is 11.6 Å². The van der Waals surface area contributed by atoms with Crippen LogP contribution < -0.4 is 5.32 Å². The van der Waals surface area contributed by atoms with Crippen LogP contribution in [0.25, 0.3) is 11.1 Å². The molecule has 0 saturated carbocycles. The third-order valence-corrected chi connectivity index (χ3v) is 1.85. The molecule has 80 valence electrons. The molecular formula is C11H14N2O2. The van der Waals surface area contributed by atoms with Crippen LogP contribution in [0.2, 0.25) is 0 Å². The van der Waals surface area contributed by atoms with Crippen molar-refractivity contribution in [3.8, 4) is 5.75 Å². The Bertz CT molecular complexity index is 483. The van der Waals surface area contributed by atoms with Crippen molar-refractivity contribution in [3.63, 3.8) is 0 Å². The number of aromatic hydroxyl groups is 1. The zero-order chi connectivity index (χ0) is 11.1. The summed E-state index contributed by atoms with van der Waals surface area (Å²) in [5.41, 5.74) is 1.23. The van der Waals surface area contributed by atoms with Gasteiger partial charge in [0.2, 0.25) is 0 Å². The maximum absolute atomic E-state index is 9.26. The smallest absolute Gasteiger partial charge is 0.296 e. The van der Waals surface area contributed by atoms with Crippen LogP contribution in [-0.2, 0) is 0 Å². The fourth-order valence-electron chi connectivity index (χ4n) is 1.29. The number of hydrogen-bond donors (Lipinski definition) is 2. The molecule has 1 aromatic heterocycles. The molecule has 4 nitrogen and oxygen atoms in total. The van der Waals surface area contributed by atoms with Crippen molar-refractivity contribution in [2.75, 3.05) is 5.32 Å². The Balaban J connectivity index is 2.39. The monoisotopic (exact) mass is 206 g/mol. The summed E-state index contributed by atoms with van der Waals surface area (Å²) in [5.74, 6) is 0.181. The predicted octanol–water partition coefficient (Wildman–Crippen LogP) is 2.74. The van der Waals surface area contributed by atoms with E-state index in [1.807, 2.05) is 20.8 Å². The molecule has 2 N–H and O–H groups in total. The lowest BCUT2D eigenvalue weighted by atomic mass is 10.1. The Morgan fingerprint density at radius 3 is 2.73 bits per heavy atom. The molecule has 0 atom stereocenters. The van der Waals surface area contributed by atoms with E-state index in [-0.39, 0.29) is 11.3 Å². The number of nitrogens with one attached hydrogen (secondary N) is 1. The van der Waals surface area contributed by atoms with Gasteiger partial charge in [0.15, 0.2) is 5.58 Å². The average Bonchev–Trinajstić information content (AvgIpc) is 2.42. The molecular weight excluding hydrogens is 192 g/mol. The molecule has 0 amide bonds. The summed E-state index contributed by atoms with van der Waals surface area (Å²) in [6.07, 6.45) is 0. The van der Waals surface area contributed by atoms with Crippen LogP contribution in [-0.4, -0.2) is 15.6 Å². The average molecular weight is 206 g/mol. The largest absolute Gasteiger partial charge is 0.508 e. The number of hydrogen-bond acceptors (Lipinski definition) is 4. The van der Waals surface area contributed by atoms with Gasteiger partial charge in [-0.05, 0) is 32.9 Å². The quantitative estimate of drug-likeness (QED) is 0.753. The topological polar surface area (TPSA) is 58.3 Å². The minimum absolute atomic E-state index is 0.0943. The van der Waals surface area contributed by atoms with Gasteiger partial charge in [-0.2, -0.15) is 4.98 Å². The van der Waals surface area contributed by atoms with Crippen molar-refractivity contribution in [2.45, 2.75) is 26.3 Å². The Morgan fingerprint density at radius 1 is 1.33 bits per heavy atom. The summed E-state index contributed by atoms with van der Waals surface area (Å²) in [7, 11) is 0. The third-order valence-electron chi connectivity index (χ3n) is 1.85. The number of anilines is 1. The van der Waals surface area contributed by atoms with E-state index < -0.39 is 0 Å². The summed E-state index contributed by atoms with van der Waals surface area (Å²) in [4.78, 5) is 4.25. The van der Waals surface area contributed by atoms with Crippen molar-refractivity contribution in [3.05, 3.63) is 18.2 Å². The highest BCUT2D eigenvalue weighted by atomic mass is 16.4. The summed E-state index contributed by atoms with van der Waals surface area (Å²) >= 11 is 0. The minimum Gasteiger partial charge on any atom is -0.508 e. The molecule has 4 heteroatoms. The van der Waals surface area contributed by atoms with E-state index in [4.69, 9.17) is 4.42 Å². The molecule has 1 heterocycles. The number of phenolic OH excluding ortho intramolecular Hbond substituents is 1. The number of fused-ring (bicyclic) bond motifs is 1. The fourth-order valence-corrected chi connectivity index (χ4v) is 1.29. The molecule has 0 bridgehead atoms. The lowest BCUT2D eigenvalue weighted by Gasteiger charge is -2.18. The highest BCUT2D eigenvalue weighted by Gasteiger charge is 2.14. The van der Waals surface area contributed by atoms with Crippen molar-refractivity contribution in [2.24, 2.45) is 0 Å². The predicted molar refractivity (Wildman–Crippen MR) is 59.0 cm³/mol. The van der Waals surface area contributed by atoms with Gasteiger partial charge in [-0.15, -0.1) is 0 Å². The first-order chi connectivity index (χ1) is 6.94. The lowest BCUT2D eigenvalue weighted by Crippen LogP contribution is -2.26. The normalized spacial score (nSPS) is 11.9. The van der Waals surface area contributed by atoms with Gasteiger partial charge in [0.05, 0.1) is 0 Å². The second kappa shape index (κ2) is 3.15. The Kier molecular flexibility index (Phi) is 2.07. The van der Waals surface area contributed by atoms with Crippen LogP contribution in [0, 0.1) is 0 Å². The first kappa shape index (κ1) is 9.83. The van der Waals surface area contributed by atoms with Gasteiger partial charge in [0.25, 0.3) is 6.01 Å². The van der Waals surface area contributed by atoms with Crippen LogP contribution in [0.5, 0.6) is 5.75 Å². The third kappa shape index (κ3) is 2.21. The molecule has 0 aliphatic carbocycles. The number of rotatable bonds is 1. The van der Waals surface area contributed by atoms with Gasteiger partial charge < -0.3 is 14.8 Å². The summed E-state index contributed by atoms with van der Waals surface area (Å²) in [6.45, 7) is 6.08. The van der Waals surface area contributed by atoms with Crippen LogP contribution in [0.15, 0.2) is 22.6 Å². The Morgan fingerprint density at radius 2 is 2.07 bits per heavy atom. The highest BCUT2D eigenvalue weighted by Crippen LogP contribution is 2.24. The summed E-state index contributed by atoms with van der Waals surface area (Å²) < 4.78 is 5.44. The molecule has 0 unspecified atom stereocenters. The van der Waals surface area contributed by atoms with E-state index in [9.17, 15) is 5.11 Å². The summed E-state index contributed by atoms with van der Waals surface area (Å²) in [5, 5.41) is 12.4. The Hall–Kier alpha value is -1.71. The summed E-state index contributed by atoms with van der Waals surface area (Å²) in [6, 6.07) is 5.34. The van der Waals surface area contributed by atoms with E-state index in [2.05, 4.69) is 10.3 Å². The molecule has 0 radical (unpaired) electrons. The molecule has 15 heavy (non-hydrogen) atoms. The maximum Gasteiger partial charge on any atom is 0.296 e. The van der Waals surface area contributed by atoms with Crippen molar-refractivity contribution in [1.82, 2.24) is 4.98 Å². The number of phenols is 1. The zero-order valence-corrected chi connectivity index (χ0v) is 9.03. The van der Waals surface area contributed by atoms with Crippen molar-refractivity contribution in [1.29, 1.82) is 0 Å². The molecule has 1 aromatic carbocycles. The van der Waals surface area contributed by atoms with Gasteiger partial charge in [-0.1, -0.05) is 0 Å². The first-order valence-corrected chi connectivity index (χ1v) is 4.82. The second-order valence-electron chi connectivity index (χ2n) is 4.55. The van der Waals surface area contributed by atoms with Gasteiger partial charge in [-0.25, -0.2) is 0 Å². The van der Waals surface area contributed by atoms with Crippen LogP contribution in [0.3, 0.4) is 0 Å². The number of aromatic nitrogens is 1. The second-order valence-corrected chi connectivity index (χ2v) is 4.55.